The van der Waals surface area contributed by atoms with Crippen LogP contribution in [0.25, 0.3) is 0 Å². The van der Waals surface area contributed by atoms with Crippen LogP contribution >= 0.6 is 24.0 Å². The molecule has 1 N–H and O–H groups in total. The number of benzene rings is 1. The molecular weight excluding hydrogens is 489 g/mol. The molecule has 6 nitrogen and oxygen atoms in total. The molecule has 0 amide bonds. The number of guanidine groups is 1. The molecule has 2 fully saturated rings. The smallest absolute Gasteiger partial charge is 0.193 e. The van der Waals surface area contributed by atoms with E-state index in [0.29, 0.717) is 24.8 Å². The van der Waals surface area contributed by atoms with Gasteiger partial charge in [0, 0.05) is 32.1 Å². The predicted octanol–water partition coefficient (Wildman–Crippen LogP) is 2.54. The molecule has 1 aromatic rings. The highest BCUT2D eigenvalue weighted by Gasteiger charge is 2.29. The van der Waals surface area contributed by atoms with Crippen molar-refractivity contribution in [1.29, 1.82) is 0 Å². The second-order valence-electron chi connectivity index (χ2n) is 7.57. The van der Waals surface area contributed by atoms with Gasteiger partial charge in [0.2, 0.25) is 0 Å². The zero-order valence-electron chi connectivity index (χ0n) is 16.5. The van der Waals surface area contributed by atoms with E-state index in [1.54, 1.807) is 0 Å². The lowest BCUT2D eigenvalue weighted by Gasteiger charge is -2.22. The second kappa shape index (κ2) is 11.3. The minimum atomic E-state index is -2.84. The molecular formula is C20H32IN3O3S. The highest BCUT2D eigenvalue weighted by Crippen LogP contribution is 2.20. The van der Waals surface area contributed by atoms with Crippen molar-refractivity contribution in [3.05, 3.63) is 35.9 Å². The summed E-state index contributed by atoms with van der Waals surface area (Å²) in [6.07, 6.45) is 1.83. The van der Waals surface area contributed by atoms with E-state index in [0.717, 1.165) is 45.0 Å². The summed E-state index contributed by atoms with van der Waals surface area (Å²) in [6.45, 7) is 6.78. The van der Waals surface area contributed by atoms with Gasteiger partial charge >= 0.3 is 0 Å². The van der Waals surface area contributed by atoms with Gasteiger partial charge in [-0.2, -0.15) is 0 Å². The molecule has 0 radical (unpaired) electrons. The Balaban J connectivity index is 0.00000280. The van der Waals surface area contributed by atoms with Crippen LogP contribution in [0.5, 0.6) is 0 Å². The Labute approximate surface area is 186 Å². The first-order valence-electron chi connectivity index (χ1n) is 9.91. The number of ether oxygens (including phenoxy) is 1. The van der Waals surface area contributed by atoms with E-state index in [1.807, 2.05) is 18.2 Å². The SMILES string of the molecule is CCNC(=NCC1CCS(=O)(=O)C1)N1CCC(COCc2ccccc2)C1.I. The molecule has 28 heavy (non-hydrogen) atoms. The van der Waals surface area contributed by atoms with Crippen molar-refractivity contribution in [2.45, 2.75) is 26.4 Å². The van der Waals surface area contributed by atoms with E-state index < -0.39 is 9.84 Å². The van der Waals surface area contributed by atoms with Gasteiger partial charge in [-0.3, -0.25) is 4.99 Å². The third kappa shape index (κ3) is 7.18. The lowest BCUT2D eigenvalue weighted by molar-refractivity contribution is 0.0906. The van der Waals surface area contributed by atoms with E-state index >= 15 is 0 Å². The van der Waals surface area contributed by atoms with Crippen LogP contribution in [0.15, 0.2) is 35.3 Å². The minimum absolute atomic E-state index is 0. The van der Waals surface area contributed by atoms with Crippen LogP contribution in [0.1, 0.15) is 25.3 Å². The molecule has 0 spiro atoms. The molecule has 0 bridgehead atoms. The van der Waals surface area contributed by atoms with Crippen molar-refractivity contribution in [3.8, 4) is 0 Å². The van der Waals surface area contributed by atoms with E-state index in [4.69, 9.17) is 9.73 Å². The maximum atomic E-state index is 11.6. The van der Waals surface area contributed by atoms with Crippen LogP contribution < -0.4 is 5.32 Å². The molecule has 158 valence electrons. The number of rotatable bonds is 7. The van der Waals surface area contributed by atoms with Gasteiger partial charge in [-0.05, 0) is 31.2 Å². The van der Waals surface area contributed by atoms with Crippen molar-refractivity contribution in [3.63, 3.8) is 0 Å². The van der Waals surface area contributed by atoms with Gasteiger partial charge in [-0.15, -0.1) is 24.0 Å². The van der Waals surface area contributed by atoms with Gasteiger partial charge < -0.3 is 15.0 Å². The first-order valence-corrected chi connectivity index (χ1v) is 11.7. The number of nitrogens with zero attached hydrogens (tertiary/aromatic N) is 2. The standard InChI is InChI=1S/C20H31N3O3S.HI/c1-2-21-20(22-12-18-9-11-27(24,25)16-18)23-10-8-19(13-23)15-26-14-17-6-4-3-5-7-17;/h3-7,18-19H,2,8-16H2,1H3,(H,21,22);1H. The van der Waals surface area contributed by atoms with Crippen molar-refractivity contribution >= 4 is 39.8 Å². The molecule has 2 saturated heterocycles. The van der Waals surface area contributed by atoms with Crippen molar-refractivity contribution < 1.29 is 13.2 Å². The fourth-order valence-electron chi connectivity index (χ4n) is 3.74. The van der Waals surface area contributed by atoms with E-state index in [9.17, 15) is 8.42 Å². The number of halogens is 1. The number of nitrogens with one attached hydrogen (secondary N) is 1. The van der Waals surface area contributed by atoms with Gasteiger partial charge in [0.25, 0.3) is 0 Å². The molecule has 0 aromatic heterocycles. The molecule has 2 aliphatic rings. The Morgan fingerprint density at radius 1 is 1.25 bits per heavy atom. The topological polar surface area (TPSA) is 71.0 Å². The molecule has 8 heteroatoms. The second-order valence-corrected chi connectivity index (χ2v) is 9.79. The Morgan fingerprint density at radius 2 is 2.04 bits per heavy atom. The van der Waals surface area contributed by atoms with Crippen LogP contribution in [0.4, 0.5) is 0 Å². The average molecular weight is 521 g/mol. The number of hydrogen-bond donors (Lipinski definition) is 1. The maximum Gasteiger partial charge on any atom is 0.193 e. The van der Waals surface area contributed by atoms with Gasteiger partial charge in [-0.25, -0.2) is 8.42 Å². The molecule has 1 aromatic carbocycles. The maximum absolute atomic E-state index is 11.6. The highest BCUT2D eigenvalue weighted by molar-refractivity contribution is 14.0. The Kier molecular flexibility index (Phi) is 9.49. The molecule has 2 aliphatic heterocycles. The minimum Gasteiger partial charge on any atom is -0.376 e. The van der Waals surface area contributed by atoms with Gasteiger partial charge in [0.15, 0.2) is 15.8 Å². The summed E-state index contributed by atoms with van der Waals surface area (Å²) in [5, 5.41) is 3.36. The van der Waals surface area contributed by atoms with Gasteiger partial charge in [-0.1, -0.05) is 30.3 Å². The molecule has 2 heterocycles. The van der Waals surface area contributed by atoms with Crippen molar-refractivity contribution in [2.24, 2.45) is 16.8 Å². The Hall–Kier alpha value is -0.870. The summed E-state index contributed by atoms with van der Waals surface area (Å²) in [5.41, 5.74) is 1.20. The van der Waals surface area contributed by atoms with Crippen LogP contribution in [0.2, 0.25) is 0 Å². The normalized spacial score (nSPS) is 24.2. The lowest BCUT2D eigenvalue weighted by Crippen LogP contribution is -2.40. The number of likely N-dealkylation sites (tertiary alicyclic amines) is 1. The van der Waals surface area contributed by atoms with E-state index in [2.05, 4.69) is 29.3 Å². The summed E-state index contributed by atoms with van der Waals surface area (Å²) in [4.78, 5) is 7.01. The number of sulfone groups is 1. The third-order valence-electron chi connectivity index (χ3n) is 5.21. The van der Waals surface area contributed by atoms with Crippen molar-refractivity contribution in [1.82, 2.24) is 10.2 Å². The van der Waals surface area contributed by atoms with E-state index in [1.165, 1.54) is 5.56 Å². The van der Waals surface area contributed by atoms with Crippen LogP contribution in [-0.4, -0.2) is 63.6 Å². The summed E-state index contributed by atoms with van der Waals surface area (Å²) in [7, 11) is -2.84. The van der Waals surface area contributed by atoms with Crippen LogP contribution in [0.3, 0.4) is 0 Å². The quantitative estimate of drug-likeness (QED) is 0.340. The zero-order chi connectivity index (χ0) is 19.1. The number of aliphatic imine (C=N–C) groups is 1. The predicted molar refractivity (Wildman–Crippen MR) is 124 cm³/mol. The Bertz CT molecular complexity index is 727. The van der Waals surface area contributed by atoms with Crippen LogP contribution in [0, 0.1) is 11.8 Å². The molecule has 2 atom stereocenters. The van der Waals surface area contributed by atoms with Crippen molar-refractivity contribution in [2.75, 3.05) is 44.3 Å². The number of hydrogen-bond acceptors (Lipinski definition) is 4. The summed E-state index contributed by atoms with van der Waals surface area (Å²) < 4.78 is 29.2. The molecule has 0 aliphatic carbocycles. The summed E-state index contributed by atoms with van der Waals surface area (Å²) in [6, 6.07) is 10.2. The molecule has 2 unspecified atom stereocenters. The zero-order valence-corrected chi connectivity index (χ0v) is 19.7. The summed E-state index contributed by atoms with van der Waals surface area (Å²) >= 11 is 0. The first-order chi connectivity index (χ1) is 13.1. The molecule has 0 saturated carbocycles. The first kappa shape index (κ1) is 23.4. The fourth-order valence-corrected chi connectivity index (χ4v) is 5.59. The largest absolute Gasteiger partial charge is 0.376 e. The third-order valence-corrected chi connectivity index (χ3v) is 7.05. The fraction of sp³-hybridized carbons (Fsp3) is 0.650. The highest BCUT2D eigenvalue weighted by atomic mass is 127. The van der Waals surface area contributed by atoms with Crippen LogP contribution in [-0.2, 0) is 21.2 Å². The lowest BCUT2D eigenvalue weighted by atomic mass is 10.1. The van der Waals surface area contributed by atoms with E-state index in [-0.39, 0.29) is 35.6 Å². The van der Waals surface area contributed by atoms with Gasteiger partial charge in [0.05, 0.1) is 24.7 Å². The Morgan fingerprint density at radius 3 is 2.71 bits per heavy atom. The average Bonchev–Trinajstić information content (AvgIpc) is 3.26. The van der Waals surface area contributed by atoms with Gasteiger partial charge in [0.1, 0.15) is 0 Å². The summed E-state index contributed by atoms with van der Waals surface area (Å²) in [5.74, 6) is 2.17. The monoisotopic (exact) mass is 521 g/mol. The molecule has 3 rings (SSSR count).